The average Bonchev–Trinajstić information content (AvgIpc) is 3.20. The van der Waals surface area contributed by atoms with E-state index >= 15 is 0 Å². The quantitative estimate of drug-likeness (QED) is 0.568. The normalized spacial score (nSPS) is 10.3. The third-order valence-corrected chi connectivity index (χ3v) is 4.28. The summed E-state index contributed by atoms with van der Waals surface area (Å²) < 4.78 is 7.81. The lowest BCUT2D eigenvalue weighted by molar-refractivity contribution is 0.457. The van der Waals surface area contributed by atoms with Gasteiger partial charge >= 0.3 is 0 Å². The van der Waals surface area contributed by atoms with E-state index in [0.29, 0.717) is 40.0 Å². The molecular formula is C21H15N7O. The number of ether oxygens (including phenoxy) is 1. The summed E-state index contributed by atoms with van der Waals surface area (Å²) in [6.07, 6.45) is 3.34. The van der Waals surface area contributed by atoms with Gasteiger partial charge in [-0.25, -0.2) is 9.50 Å². The van der Waals surface area contributed by atoms with Crippen LogP contribution < -0.4 is 10.1 Å². The lowest BCUT2D eigenvalue weighted by Gasteiger charge is -2.13. The molecule has 0 atom stereocenters. The molecule has 1 aromatic carbocycles. The van der Waals surface area contributed by atoms with Gasteiger partial charge in [-0.15, -0.1) is 5.10 Å². The Labute approximate surface area is 166 Å². The van der Waals surface area contributed by atoms with Crippen molar-refractivity contribution in [3.8, 4) is 23.8 Å². The molecule has 0 bridgehead atoms. The minimum absolute atomic E-state index is 0.319. The van der Waals surface area contributed by atoms with Crippen LogP contribution in [0.25, 0.3) is 5.52 Å². The van der Waals surface area contributed by atoms with E-state index in [-0.39, 0.29) is 0 Å². The number of hydrogen-bond acceptors (Lipinski definition) is 7. The van der Waals surface area contributed by atoms with Gasteiger partial charge in [0.15, 0.2) is 0 Å². The van der Waals surface area contributed by atoms with Crippen molar-refractivity contribution >= 4 is 17.2 Å². The van der Waals surface area contributed by atoms with Crippen molar-refractivity contribution in [2.24, 2.45) is 0 Å². The summed E-state index contributed by atoms with van der Waals surface area (Å²) >= 11 is 0. The second-order valence-corrected chi connectivity index (χ2v) is 6.40. The fraction of sp³-hybridized carbons (Fsp3) is 0.0952. The second kappa shape index (κ2) is 7.29. The number of nitrogens with one attached hydrogen (secondary N) is 1. The molecular weight excluding hydrogens is 366 g/mol. The lowest BCUT2D eigenvalue weighted by atomic mass is 10.1. The number of aryl methyl sites for hydroxylation is 2. The van der Waals surface area contributed by atoms with Gasteiger partial charge in [-0.05, 0) is 61.4 Å². The molecule has 4 rings (SSSR count). The number of hydrogen-bond donors (Lipinski definition) is 1. The fourth-order valence-electron chi connectivity index (χ4n) is 2.97. The molecule has 0 aliphatic carbocycles. The van der Waals surface area contributed by atoms with Gasteiger partial charge in [0.1, 0.15) is 23.0 Å². The average molecular weight is 381 g/mol. The summed E-state index contributed by atoms with van der Waals surface area (Å²) in [5, 5.41) is 25.5. The number of fused-ring (bicyclic) bond motifs is 1. The van der Waals surface area contributed by atoms with Crippen molar-refractivity contribution in [3.63, 3.8) is 0 Å². The van der Waals surface area contributed by atoms with Gasteiger partial charge < -0.3 is 10.1 Å². The predicted octanol–water partition coefficient (Wildman–Crippen LogP) is 4.02. The van der Waals surface area contributed by atoms with Crippen LogP contribution in [0.3, 0.4) is 0 Å². The summed E-state index contributed by atoms with van der Waals surface area (Å²) in [6, 6.07) is 14.7. The fourth-order valence-corrected chi connectivity index (χ4v) is 2.97. The molecule has 0 fully saturated rings. The Kier molecular flexibility index (Phi) is 4.52. The monoisotopic (exact) mass is 381 g/mol. The minimum Gasteiger partial charge on any atom is -0.436 e. The molecule has 4 aromatic rings. The molecule has 0 radical (unpaired) electrons. The van der Waals surface area contributed by atoms with Crippen molar-refractivity contribution in [1.82, 2.24) is 19.6 Å². The zero-order valence-electron chi connectivity index (χ0n) is 15.7. The van der Waals surface area contributed by atoms with Crippen LogP contribution in [-0.2, 0) is 0 Å². The summed E-state index contributed by atoms with van der Waals surface area (Å²) in [4.78, 5) is 8.54. The van der Waals surface area contributed by atoms with Gasteiger partial charge in [0.25, 0.3) is 0 Å². The van der Waals surface area contributed by atoms with Gasteiger partial charge in [-0.2, -0.15) is 15.5 Å². The molecule has 29 heavy (non-hydrogen) atoms. The van der Waals surface area contributed by atoms with E-state index in [0.717, 1.165) is 11.1 Å². The van der Waals surface area contributed by atoms with E-state index in [1.807, 2.05) is 32.0 Å². The van der Waals surface area contributed by atoms with E-state index in [2.05, 4.69) is 26.5 Å². The van der Waals surface area contributed by atoms with Crippen molar-refractivity contribution in [2.75, 3.05) is 5.32 Å². The summed E-state index contributed by atoms with van der Waals surface area (Å²) in [6.45, 7) is 3.78. The number of aromatic nitrogens is 4. The maximum atomic E-state index is 9.14. The van der Waals surface area contributed by atoms with Gasteiger partial charge in [0.05, 0.1) is 23.5 Å². The number of rotatable bonds is 4. The van der Waals surface area contributed by atoms with E-state index < -0.39 is 0 Å². The molecule has 1 N–H and O–H groups in total. The first-order valence-corrected chi connectivity index (χ1v) is 8.75. The van der Waals surface area contributed by atoms with Crippen LogP contribution in [0.4, 0.5) is 11.6 Å². The highest BCUT2D eigenvalue weighted by Crippen LogP contribution is 2.31. The highest BCUT2D eigenvalue weighted by Gasteiger charge is 2.14. The highest BCUT2D eigenvalue weighted by atomic mass is 16.5. The molecule has 8 nitrogen and oxygen atoms in total. The molecule has 0 amide bonds. The zero-order chi connectivity index (χ0) is 20.4. The van der Waals surface area contributed by atoms with Gasteiger partial charge in [-0.3, -0.25) is 0 Å². The van der Waals surface area contributed by atoms with Gasteiger partial charge in [-0.1, -0.05) is 0 Å². The smallest absolute Gasteiger partial charge is 0.248 e. The molecule has 140 valence electrons. The van der Waals surface area contributed by atoms with Crippen LogP contribution in [0.5, 0.6) is 11.6 Å². The lowest BCUT2D eigenvalue weighted by Crippen LogP contribution is -2.05. The van der Waals surface area contributed by atoms with Crippen LogP contribution in [-0.4, -0.2) is 19.6 Å². The Hall–Kier alpha value is -4.43. The first-order valence-electron chi connectivity index (χ1n) is 8.75. The van der Waals surface area contributed by atoms with Crippen molar-refractivity contribution in [1.29, 1.82) is 10.5 Å². The molecule has 0 saturated carbocycles. The molecule has 0 unspecified atom stereocenters. The van der Waals surface area contributed by atoms with E-state index in [1.165, 1.54) is 6.20 Å². The standard InChI is InChI=1S/C21H15N7O/c1-13-8-15(10-22)9-14(2)19(13)29-20-18-4-3-7-28(18)27-21(26-20)25-17-6-5-16(11-23)24-12-17/h3-9,12H,1-2H3,(H,25,27). The van der Waals surface area contributed by atoms with Gasteiger partial charge in [0, 0.05) is 6.20 Å². The minimum atomic E-state index is 0.319. The molecule has 3 aromatic heterocycles. The molecule has 0 saturated heterocycles. The first kappa shape index (κ1) is 18.0. The molecule has 0 aliphatic heterocycles. The third kappa shape index (κ3) is 3.55. The zero-order valence-corrected chi connectivity index (χ0v) is 15.7. The Morgan fingerprint density at radius 3 is 2.52 bits per heavy atom. The molecule has 3 heterocycles. The number of benzene rings is 1. The van der Waals surface area contributed by atoms with Crippen LogP contribution >= 0.6 is 0 Å². The molecule has 0 spiro atoms. The van der Waals surface area contributed by atoms with Crippen LogP contribution in [0, 0.1) is 36.5 Å². The topological polar surface area (TPSA) is 112 Å². The number of nitrogens with zero attached hydrogens (tertiary/aromatic N) is 6. The largest absolute Gasteiger partial charge is 0.436 e. The summed E-state index contributed by atoms with van der Waals surface area (Å²) in [5.74, 6) is 1.35. The second-order valence-electron chi connectivity index (χ2n) is 6.40. The first-order chi connectivity index (χ1) is 14.1. The van der Waals surface area contributed by atoms with E-state index in [9.17, 15) is 0 Å². The van der Waals surface area contributed by atoms with E-state index in [4.69, 9.17) is 15.3 Å². The molecule has 8 heteroatoms. The predicted molar refractivity (Wildman–Crippen MR) is 106 cm³/mol. The van der Waals surface area contributed by atoms with Crippen LogP contribution in [0.15, 0.2) is 48.8 Å². The number of anilines is 2. The van der Waals surface area contributed by atoms with Crippen molar-refractivity contribution in [3.05, 3.63) is 71.2 Å². The van der Waals surface area contributed by atoms with Crippen LogP contribution in [0.2, 0.25) is 0 Å². The SMILES string of the molecule is Cc1cc(C#N)cc(C)c1Oc1nc(Nc2ccc(C#N)nc2)nn2cccc12. The Morgan fingerprint density at radius 2 is 1.86 bits per heavy atom. The Morgan fingerprint density at radius 1 is 1.07 bits per heavy atom. The van der Waals surface area contributed by atoms with Crippen molar-refractivity contribution < 1.29 is 4.74 Å². The van der Waals surface area contributed by atoms with Gasteiger partial charge in [0.2, 0.25) is 11.8 Å². The van der Waals surface area contributed by atoms with Crippen molar-refractivity contribution in [2.45, 2.75) is 13.8 Å². The summed E-state index contributed by atoms with van der Waals surface area (Å²) in [7, 11) is 0. The number of pyridine rings is 1. The Bertz CT molecular complexity index is 1270. The summed E-state index contributed by atoms with van der Waals surface area (Å²) in [5.41, 5.74) is 3.95. The van der Waals surface area contributed by atoms with Crippen LogP contribution in [0.1, 0.15) is 22.4 Å². The highest BCUT2D eigenvalue weighted by molar-refractivity contribution is 5.62. The maximum Gasteiger partial charge on any atom is 0.248 e. The van der Waals surface area contributed by atoms with E-state index in [1.54, 1.807) is 35.0 Å². The maximum absolute atomic E-state index is 9.14. The third-order valence-electron chi connectivity index (χ3n) is 4.28. The molecule has 0 aliphatic rings. The Balaban J connectivity index is 1.72. The number of nitriles is 2.